The molecular formula is C26H29N3O3. The first-order valence-corrected chi connectivity index (χ1v) is 11.5. The average molecular weight is 432 g/mol. The molecule has 3 aliphatic rings. The molecule has 0 bridgehead atoms. The molecule has 6 heteroatoms. The molecule has 3 aliphatic heterocycles. The van der Waals surface area contributed by atoms with Crippen LogP contribution in [-0.4, -0.2) is 60.9 Å². The molecule has 5 rings (SSSR count). The van der Waals surface area contributed by atoms with E-state index in [2.05, 4.69) is 23.1 Å². The molecule has 3 heterocycles. The van der Waals surface area contributed by atoms with Gasteiger partial charge in [-0.3, -0.25) is 14.5 Å². The fourth-order valence-electron chi connectivity index (χ4n) is 4.68. The molecule has 0 saturated carbocycles. The monoisotopic (exact) mass is 431 g/mol. The quantitative estimate of drug-likeness (QED) is 0.683. The Morgan fingerprint density at radius 1 is 0.969 bits per heavy atom. The van der Waals surface area contributed by atoms with Gasteiger partial charge in [0.1, 0.15) is 5.75 Å². The van der Waals surface area contributed by atoms with E-state index in [9.17, 15) is 9.59 Å². The molecule has 0 radical (unpaired) electrons. The number of anilines is 1. The zero-order chi connectivity index (χ0) is 21.9. The lowest BCUT2D eigenvalue weighted by Gasteiger charge is -2.34. The average Bonchev–Trinajstić information content (AvgIpc) is 3.47. The van der Waals surface area contributed by atoms with E-state index in [0.29, 0.717) is 6.42 Å². The summed E-state index contributed by atoms with van der Waals surface area (Å²) in [5, 5.41) is 0. The molecule has 6 nitrogen and oxygen atoms in total. The van der Waals surface area contributed by atoms with Gasteiger partial charge in [0.15, 0.2) is 0 Å². The molecule has 2 aromatic rings. The summed E-state index contributed by atoms with van der Waals surface area (Å²) in [5.74, 6) is 1.26. The van der Waals surface area contributed by atoms with E-state index in [1.165, 1.54) is 11.1 Å². The standard InChI is InChI=1S/C26H29N3O3/c30-25(10-6-20-3-7-23(8-4-20)29-12-1-2-26(29)31)28-15-13-27(14-16-28)19-21-5-9-24-22(18-21)11-17-32-24/h3-10,18H,1-2,11-17,19H2. The summed E-state index contributed by atoms with van der Waals surface area (Å²) in [6.45, 7) is 5.74. The van der Waals surface area contributed by atoms with Gasteiger partial charge in [-0.25, -0.2) is 0 Å². The normalized spacial score (nSPS) is 18.9. The number of amides is 2. The van der Waals surface area contributed by atoms with Crippen LogP contribution < -0.4 is 9.64 Å². The highest BCUT2D eigenvalue weighted by Gasteiger charge is 2.22. The molecule has 2 amide bonds. The first-order valence-electron chi connectivity index (χ1n) is 11.5. The van der Waals surface area contributed by atoms with E-state index < -0.39 is 0 Å². The van der Waals surface area contributed by atoms with Crippen molar-refractivity contribution in [3.63, 3.8) is 0 Å². The Labute approximate surface area is 189 Å². The van der Waals surface area contributed by atoms with Gasteiger partial charge < -0.3 is 14.5 Å². The second-order valence-corrected chi connectivity index (χ2v) is 8.72. The van der Waals surface area contributed by atoms with Crippen LogP contribution in [0.1, 0.15) is 29.5 Å². The van der Waals surface area contributed by atoms with E-state index in [1.54, 1.807) is 6.08 Å². The zero-order valence-corrected chi connectivity index (χ0v) is 18.3. The van der Waals surface area contributed by atoms with Gasteiger partial charge in [-0.1, -0.05) is 24.3 Å². The fraction of sp³-hybridized carbons (Fsp3) is 0.385. The highest BCUT2D eigenvalue weighted by molar-refractivity contribution is 5.95. The van der Waals surface area contributed by atoms with Gasteiger partial charge in [0.2, 0.25) is 11.8 Å². The second-order valence-electron chi connectivity index (χ2n) is 8.72. The maximum Gasteiger partial charge on any atom is 0.246 e. The van der Waals surface area contributed by atoms with E-state index in [-0.39, 0.29) is 11.8 Å². The summed E-state index contributed by atoms with van der Waals surface area (Å²) < 4.78 is 5.59. The number of benzene rings is 2. The third-order valence-electron chi connectivity index (χ3n) is 6.54. The van der Waals surface area contributed by atoms with Crippen LogP contribution in [0, 0.1) is 0 Å². The lowest BCUT2D eigenvalue weighted by molar-refractivity contribution is -0.127. The molecule has 0 unspecified atom stereocenters. The highest BCUT2D eigenvalue weighted by Crippen LogP contribution is 2.26. The minimum atomic E-state index is 0.0538. The molecule has 32 heavy (non-hydrogen) atoms. The van der Waals surface area contributed by atoms with Gasteiger partial charge in [0, 0.05) is 63.9 Å². The summed E-state index contributed by atoms with van der Waals surface area (Å²) in [5.41, 5.74) is 4.52. The van der Waals surface area contributed by atoms with E-state index in [1.807, 2.05) is 40.1 Å². The van der Waals surface area contributed by atoms with Crippen molar-refractivity contribution in [3.05, 3.63) is 65.2 Å². The fourth-order valence-corrected chi connectivity index (χ4v) is 4.68. The molecule has 2 aromatic carbocycles. The lowest BCUT2D eigenvalue weighted by Crippen LogP contribution is -2.47. The Kier molecular flexibility index (Phi) is 5.95. The molecular weight excluding hydrogens is 402 g/mol. The molecule has 0 spiro atoms. The number of nitrogens with zero attached hydrogens (tertiary/aromatic N) is 3. The minimum Gasteiger partial charge on any atom is -0.493 e. The summed E-state index contributed by atoms with van der Waals surface area (Å²) in [6.07, 6.45) is 6.07. The largest absolute Gasteiger partial charge is 0.493 e. The van der Waals surface area contributed by atoms with Gasteiger partial charge in [-0.15, -0.1) is 0 Å². The van der Waals surface area contributed by atoms with Crippen molar-refractivity contribution in [2.45, 2.75) is 25.8 Å². The van der Waals surface area contributed by atoms with Crippen molar-refractivity contribution in [1.29, 1.82) is 0 Å². The number of piperazine rings is 1. The summed E-state index contributed by atoms with van der Waals surface area (Å²) >= 11 is 0. The Morgan fingerprint density at radius 2 is 1.78 bits per heavy atom. The van der Waals surface area contributed by atoms with Gasteiger partial charge >= 0.3 is 0 Å². The number of hydrogen-bond donors (Lipinski definition) is 0. The Bertz CT molecular complexity index is 1020. The summed E-state index contributed by atoms with van der Waals surface area (Å²) in [7, 11) is 0. The van der Waals surface area contributed by atoms with Crippen LogP contribution in [0.5, 0.6) is 5.75 Å². The SMILES string of the molecule is O=C(C=Cc1ccc(N2CCCC2=O)cc1)N1CCN(Cc2ccc3c(c2)CCO3)CC1. The van der Waals surface area contributed by atoms with Crippen LogP contribution in [0.3, 0.4) is 0 Å². The second kappa shape index (κ2) is 9.17. The number of ether oxygens (including phenoxy) is 1. The first-order chi connectivity index (χ1) is 15.7. The lowest BCUT2D eigenvalue weighted by atomic mass is 10.1. The number of carbonyl (C=O) groups is 2. The van der Waals surface area contributed by atoms with Crippen LogP contribution in [0.2, 0.25) is 0 Å². The van der Waals surface area contributed by atoms with Crippen LogP contribution in [0.15, 0.2) is 48.5 Å². The highest BCUT2D eigenvalue weighted by atomic mass is 16.5. The maximum absolute atomic E-state index is 12.6. The van der Waals surface area contributed by atoms with Crippen molar-refractivity contribution in [1.82, 2.24) is 9.80 Å². The Balaban J connectivity index is 1.11. The topological polar surface area (TPSA) is 53.1 Å². The Hall–Kier alpha value is -3.12. The maximum atomic E-state index is 12.6. The van der Waals surface area contributed by atoms with Crippen LogP contribution in [0.25, 0.3) is 6.08 Å². The van der Waals surface area contributed by atoms with Crippen LogP contribution >= 0.6 is 0 Å². The van der Waals surface area contributed by atoms with Gasteiger partial charge in [0.25, 0.3) is 0 Å². The van der Waals surface area contributed by atoms with Crippen molar-refractivity contribution >= 4 is 23.6 Å². The van der Waals surface area contributed by atoms with E-state index >= 15 is 0 Å². The van der Waals surface area contributed by atoms with Crippen molar-refractivity contribution in [3.8, 4) is 5.75 Å². The van der Waals surface area contributed by atoms with Gasteiger partial charge in [-0.2, -0.15) is 0 Å². The number of rotatable bonds is 5. The molecule has 0 N–H and O–H groups in total. The molecule has 0 aliphatic carbocycles. The number of fused-ring (bicyclic) bond motifs is 1. The summed E-state index contributed by atoms with van der Waals surface area (Å²) in [4.78, 5) is 30.7. The molecule has 0 atom stereocenters. The Morgan fingerprint density at radius 3 is 2.53 bits per heavy atom. The number of hydrogen-bond acceptors (Lipinski definition) is 4. The molecule has 2 saturated heterocycles. The van der Waals surface area contributed by atoms with Gasteiger partial charge in [0.05, 0.1) is 6.61 Å². The third-order valence-corrected chi connectivity index (χ3v) is 6.54. The zero-order valence-electron chi connectivity index (χ0n) is 18.3. The molecule has 0 aromatic heterocycles. The van der Waals surface area contributed by atoms with E-state index in [0.717, 1.165) is 75.7 Å². The summed E-state index contributed by atoms with van der Waals surface area (Å²) in [6, 6.07) is 14.3. The van der Waals surface area contributed by atoms with Crippen molar-refractivity contribution in [2.75, 3.05) is 44.2 Å². The van der Waals surface area contributed by atoms with Crippen LogP contribution in [-0.2, 0) is 22.6 Å². The first kappa shape index (κ1) is 20.8. The minimum absolute atomic E-state index is 0.0538. The van der Waals surface area contributed by atoms with Crippen LogP contribution in [0.4, 0.5) is 5.69 Å². The van der Waals surface area contributed by atoms with Crippen molar-refractivity contribution < 1.29 is 14.3 Å². The molecule has 166 valence electrons. The molecule has 2 fully saturated rings. The van der Waals surface area contributed by atoms with E-state index in [4.69, 9.17) is 4.74 Å². The number of carbonyl (C=O) groups excluding carboxylic acids is 2. The predicted molar refractivity (Wildman–Crippen MR) is 125 cm³/mol. The third kappa shape index (κ3) is 4.55. The predicted octanol–water partition coefficient (Wildman–Crippen LogP) is 3.11. The smallest absolute Gasteiger partial charge is 0.246 e. The van der Waals surface area contributed by atoms with Crippen molar-refractivity contribution in [2.24, 2.45) is 0 Å². The van der Waals surface area contributed by atoms with Gasteiger partial charge in [-0.05, 0) is 47.4 Å².